The summed E-state index contributed by atoms with van der Waals surface area (Å²) < 4.78 is 17.0. The molecule has 0 radical (unpaired) electrons. The van der Waals surface area contributed by atoms with Crippen LogP contribution < -0.4 is 5.32 Å². The van der Waals surface area contributed by atoms with Gasteiger partial charge < -0.3 is 5.32 Å². The van der Waals surface area contributed by atoms with Gasteiger partial charge in [-0.1, -0.05) is 41.4 Å². The maximum atomic E-state index is 14.1. The van der Waals surface area contributed by atoms with Crippen LogP contribution in [0.15, 0.2) is 48.7 Å². The van der Waals surface area contributed by atoms with Crippen LogP contribution in [0.1, 0.15) is 32.9 Å². The number of benzene rings is 2. The molecule has 0 spiro atoms. The third kappa shape index (κ3) is 5.18. The molecule has 0 aliphatic heterocycles. The van der Waals surface area contributed by atoms with Crippen molar-refractivity contribution >= 4 is 40.6 Å². The Bertz CT molecular complexity index is 1430. The van der Waals surface area contributed by atoms with Gasteiger partial charge in [0.15, 0.2) is 5.82 Å². The molecule has 2 aromatic heterocycles. The van der Waals surface area contributed by atoms with Crippen molar-refractivity contribution < 1.29 is 14.1 Å². The van der Waals surface area contributed by atoms with E-state index in [1.165, 1.54) is 27.7 Å². The highest BCUT2D eigenvalue weighted by molar-refractivity contribution is 6.33. The molecule has 35 heavy (non-hydrogen) atoms. The molecule has 2 heterocycles. The molecule has 0 aliphatic carbocycles. The first-order valence-electron chi connectivity index (χ1n) is 10.4. The second-order valence-corrected chi connectivity index (χ2v) is 8.63. The molecule has 0 saturated carbocycles. The smallest absolute Gasteiger partial charge is 0.304 e. The van der Waals surface area contributed by atoms with Gasteiger partial charge in [-0.3, -0.25) is 24.3 Å². The number of amides is 1. The number of carbonyl (C=O) groups is 1. The third-order valence-electron chi connectivity index (χ3n) is 5.38. The number of nitro groups is 1. The van der Waals surface area contributed by atoms with Crippen molar-refractivity contribution in [3.05, 3.63) is 103 Å². The van der Waals surface area contributed by atoms with Crippen molar-refractivity contribution in [1.29, 1.82) is 0 Å². The number of nitrogens with one attached hydrogen (secondary N) is 1. The number of aromatic nitrogens is 4. The fourth-order valence-corrected chi connectivity index (χ4v) is 4.10. The summed E-state index contributed by atoms with van der Waals surface area (Å²) in [4.78, 5) is 23.6. The molecule has 2 aromatic carbocycles. The average Bonchev–Trinajstić information content (AvgIpc) is 3.28. The van der Waals surface area contributed by atoms with Crippen molar-refractivity contribution in [2.45, 2.75) is 26.9 Å². The van der Waals surface area contributed by atoms with Crippen LogP contribution in [0.3, 0.4) is 0 Å². The highest BCUT2D eigenvalue weighted by Crippen LogP contribution is 2.25. The Morgan fingerprint density at radius 1 is 1.11 bits per heavy atom. The molecule has 0 fully saturated rings. The summed E-state index contributed by atoms with van der Waals surface area (Å²) in [6, 6.07) is 11.1. The van der Waals surface area contributed by atoms with Crippen LogP contribution in [-0.4, -0.2) is 30.4 Å². The predicted octanol–water partition coefficient (Wildman–Crippen LogP) is 5.40. The molecule has 0 aliphatic rings. The highest BCUT2D eigenvalue weighted by Gasteiger charge is 2.22. The summed E-state index contributed by atoms with van der Waals surface area (Å²) >= 11 is 12.3. The molecule has 0 unspecified atom stereocenters. The number of halogens is 3. The molecule has 1 N–H and O–H groups in total. The zero-order chi connectivity index (χ0) is 25.3. The van der Waals surface area contributed by atoms with Gasteiger partial charge in [-0.05, 0) is 43.7 Å². The Hall–Kier alpha value is -3.76. The van der Waals surface area contributed by atoms with E-state index in [4.69, 9.17) is 23.2 Å². The normalized spacial score (nSPS) is 11.0. The quantitative estimate of drug-likeness (QED) is 0.261. The predicted molar refractivity (Wildman–Crippen MR) is 130 cm³/mol. The van der Waals surface area contributed by atoms with Crippen LogP contribution in [0.4, 0.5) is 15.9 Å². The monoisotopic (exact) mass is 516 g/mol. The number of aryl methyl sites for hydroxylation is 1. The summed E-state index contributed by atoms with van der Waals surface area (Å²) in [5, 5.41) is 22.8. The van der Waals surface area contributed by atoms with E-state index >= 15 is 0 Å². The second-order valence-electron chi connectivity index (χ2n) is 7.81. The minimum atomic E-state index is -0.473. The number of anilines is 1. The lowest BCUT2D eigenvalue weighted by atomic mass is 10.1. The lowest BCUT2D eigenvalue weighted by molar-refractivity contribution is -0.386. The zero-order valence-electron chi connectivity index (χ0n) is 18.6. The SMILES string of the molecule is Cc1nn(Cc2cccc(C(=O)Nc3nn(Cc4c(F)cccc4Cl)cc3Cl)c2)c(C)c1[N+](=O)[O-]. The standard InChI is InChI=1S/C23H19Cl2FN6O3/c1-13-21(32(34)35)14(2)31(28-13)10-15-5-3-6-16(9-15)23(33)27-22-19(25)12-30(29-22)11-17-18(24)7-4-8-20(17)26/h3-9,12H,10-11H2,1-2H3,(H,27,29,33). The van der Waals surface area contributed by atoms with Crippen LogP contribution >= 0.6 is 23.2 Å². The third-order valence-corrected chi connectivity index (χ3v) is 6.01. The fourth-order valence-electron chi connectivity index (χ4n) is 3.68. The summed E-state index contributed by atoms with van der Waals surface area (Å²) in [5.41, 5.74) is 2.03. The van der Waals surface area contributed by atoms with Crippen LogP contribution in [0.2, 0.25) is 10.0 Å². The Morgan fingerprint density at radius 2 is 1.86 bits per heavy atom. The molecule has 1 amide bonds. The molecular formula is C23H19Cl2FN6O3. The van der Waals surface area contributed by atoms with Gasteiger partial charge in [-0.25, -0.2) is 4.39 Å². The van der Waals surface area contributed by atoms with Gasteiger partial charge in [0.25, 0.3) is 5.91 Å². The van der Waals surface area contributed by atoms with Gasteiger partial charge in [0, 0.05) is 22.3 Å². The van der Waals surface area contributed by atoms with E-state index in [1.807, 2.05) is 0 Å². The fraction of sp³-hybridized carbons (Fsp3) is 0.174. The number of hydrogen-bond acceptors (Lipinski definition) is 5. The molecule has 4 rings (SSSR count). The lowest BCUT2D eigenvalue weighted by Gasteiger charge is -2.08. The first-order chi connectivity index (χ1) is 16.6. The maximum absolute atomic E-state index is 14.1. The Balaban J connectivity index is 1.50. The van der Waals surface area contributed by atoms with Crippen LogP contribution in [0, 0.1) is 29.8 Å². The molecule has 12 heteroatoms. The van der Waals surface area contributed by atoms with Gasteiger partial charge in [-0.15, -0.1) is 0 Å². The van der Waals surface area contributed by atoms with Gasteiger partial charge >= 0.3 is 5.69 Å². The van der Waals surface area contributed by atoms with Gasteiger partial charge in [0.05, 0.1) is 18.0 Å². The number of carbonyl (C=O) groups excluding carboxylic acids is 1. The minimum absolute atomic E-state index is 0.0270. The van der Waals surface area contributed by atoms with Gasteiger partial charge in [0.1, 0.15) is 22.2 Å². The van der Waals surface area contributed by atoms with Gasteiger partial charge in [0.2, 0.25) is 0 Å². The number of rotatable bonds is 7. The van der Waals surface area contributed by atoms with E-state index in [0.717, 1.165) is 5.56 Å². The lowest BCUT2D eigenvalue weighted by Crippen LogP contribution is -2.14. The molecule has 4 aromatic rings. The van der Waals surface area contributed by atoms with E-state index in [-0.39, 0.29) is 40.2 Å². The zero-order valence-corrected chi connectivity index (χ0v) is 20.1. The van der Waals surface area contributed by atoms with E-state index < -0.39 is 16.6 Å². The molecule has 9 nitrogen and oxygen atoms in total. The average molecular weight is 517 g/mol. The second kappa shape index (κ2) is 9.85. The molecule has 0 saturated heterocycles. The molecular weight excluding hydrogens is 498 g/mol. The van der Waals surface area contributed by atoms with Crippen molar-refractivity contribution in [2.75, 3.05) is 5.32 Å². The summed E-state index contributed by atoms with van der Waals surface area (Å²) in [6.07, 6.45) is 1.46. The topological polar surface area (TPSA) is 108 Å². The molecule has 0 atom stereocenters. The highest BCUT2D eigenvalue weighted by atomic mass is 35.5. The van der Waals surface area contributed by atoms with Crippen molar-refractivity contribution in [3.63, 3.8) is 0 Å². The minimum Gasteiger partial charge on any atom is -0.304 e. The summed E-state index contributed by atoms with van der Waals surface area (Å²) in [6.45, 7) is 3.49. The summed E-state index contributed by atoms with van der Waals surface area (Å²) in [7, 11) is 0. The first-order valence-corrected chi connectivity index (χ1v) is 11.1. The van der Waals surface area contributed by atoms with Crippen LogP contribution in [-0.2, 0) is 13.1 Å². The van der Waals surface area contributed by atoms with Crippen LogP contribution in [0.25, 0.3) is 0 Å². The van der Waals surface area contributed by atoms with E-state index in [1.54, 1.807) is 44.2 Å². The Kier molecular flexibility index (Phi) is 6.86. The van der Waals surface area contributed by atoms with Gasteiger partial charge in [-0.2, -0.15) is 10.2 Å². The van der Waals surface area contributed by atoms with E-state index in [2.05, 4.69) is 15.5 Å². The van der Waals surface area contributed by atoms with Crippen molar-refractivity contribution in [3.8, 4) is 0 Å². The van der Waals surface area contributed by atoms with E-state index in [9.17, 15) is 19.3 Å². The van der Waals surface area contributed by atoms with E-state index in [0.29, 0.717) is 17.0 Å². The number of nitrogens with zero attached hydrogens (tertiary/aromatic N) is 5. The van der Waals surface area contributed by atoms with Crippen LogP contribution in [0.5, 0.6) is 0 Å². The summed E-state index contributed by atoms with van der Waals surface area (Å²) in [5.74, 6) is -0.814. The van der Waals surface area contributed by atoms with Crippen molar-refractivity contribution in [1.82, 2.24) is 19.6 Å². The Labute approximate surface area is 209 Å². The Morgan fingerprint density at radius 3 is 2.54 bits per heavy atom. The number of hydrogen-bond donors (Lipinski definition) is 1. The largest absolute Gasteiger partial charge is 0.312 e. The van der Waals surface area contributed by atoms with Crippen molar-refractivity contribution in [2.24, 2.45) is 0 Å². The molecule has 0 bridgehead atoms. The maximum Gasteiger partial charge on any atom is 0.312 e. The molecule has 180 valence electrons. The first kappa shape index (κ1) is 24.4.